The van der Waals surface area contributed by atoms with E-state index in [1.165, 1.54) is 5.69 Å². The molecule has 1 saturated carbocycles. The predicted octanol–water partition coefficient (Wildman–Crippen LogP) is 4.42. The lowest BCUT2D eigenvalue weighted by atomic mass is 10.1. The zero-order valence-electron chi connectivity index (χ0n) is 22.0. The second kappa shape index (κ2) is 10.1. The zero-order valence-corrected chi connectivity index (χ0v) is 22.8. The van der Waals surface area contributed by atoms with Gasteiger partial charge < -0.3 is 20.4 Å². The van der Waals surface area contributed by atoms with E-state index in [0.29, 0.717) is 11.6 Å². The summed E-state index contributed by atoms with van der Waals surface area (Å²) >= 11 is 0. The molecule has 200 valence electrons. The van der Waals surface area contributed by atoms with Crippen molar-refractivity contribution in [1.29, 1.82) is 0 Å². The van der Waals surface area contributed by atoms with Gasteiger partial charge in [0.05, 0.1) is 16.6 Å². The van der Waals surface area contributed by atoms with Gasteiger partial charge in [-0.25, -0.2) is 13.4 Å². The highest BCUT2D eigenvalue weighted by atomic mass is 32.2. The first kappa shape index (κ1) is 24.9. The molecule has 3 aliphatic rings. The summed E-state index contributed by atoms with van der Waals surface area (Å²) in [6.45, 7) is 6.14. The monoisotopic (exact) mass is 533 g/mol. The Hall–Kier alpha value is -3.37. The van der Waals surface area contributed by atoms with Gasteiger partial charge in [-0.3, -0.25) is 4.72 Å². The Morgan fingerprint density at radius 1 is 0.895 bits per heavy atom. The van der Waals surface area contributed by atoms with Crippen molar-refractivity contribution in [2.24, 2.45) is 0 Å². The highest BCUT2D eigenvalue weighted by molar-refractivity contribution is 7.93. The lowest BCUT2D eigenvalue weighted by Gasteiger charge is -2.34. The SMILES string of the molecule is Cc1ccc(Nc2nc(Nc3ccc(N4CCN(C)CC4)cc3)nc3c2CCC3)cc1NS(=O)(=O)C1CC1. The van der Waals surface area contributed by atoms with Gasteiger partial charge in [-0.15, -0.1) is 0 Å². The van der Waals surface area contributed by atoms with Gasteiger partial charge in [-0.2, -0.15) is 4.98 Å². The van der Waals surface area contributed by atoms with E-state index in [-0.39, 0.29) is 5.25 Å². The van der Waals surface area contributed by atoms with E-state index in [0.717, 1.165) is 92.3 Å². The summed E-state index contributed by atoms with van der Waals surface area (Å²) in [7, 11) is -1.17. The number of piperazine rings is 1. The Morgan fingerprint density at radius 3 is 2.37 bits per heavy atom. The van der Waals surface area contributed by atoms with E-state index < -0.39 is 10.0 Å². The van der Waals surface area contributed by atoms with Crippen molar-refractivity contribution in [3.63, 3.8) is 0 Å². The molecule has 9 nitrogen and oxygen atoms in total. The van der Waals surface area contributed by atoms with Crippen molar-refractivity contribution in [3.05, 3.63) is 59.3 Å². The number of nitrogens with one attached hydrogen (secondary N) is 3. The normalized spacial score (nSPS) is 17.8. The third kappa shape index (κ3) is 5.42. The third-order valence-corrected chi connectivity index (χ3v) is 9.49. The first-order valence-corrected chi connectivity index (χ1v) is 15.0. The average Bonchev–Trinajstić information content (AvgIpc) is 3.66. The molecule has 38 heavy (non-hydrogen) atoms. The van der Waals surface area contributed by atoms with Crippen molar-refractivity contribution < 1.29 is 8.42 Å². The molecule has 2 fully saturated rings. The summed E-state index contributed by atoms with van der Waals surface area (Å²) in [5.41, 5.74) is 6.63. The second-order valence-electron chi connectivity index (χ2n) is 10.6. The van der Waals surface area contributed by atoms with E-state index in [1.807, 2.05) is 25.1 Å². The van der Waals surface area contributed by atoms with Gasteiger partial charge in [0.2, 0.25) is 16.0 Å². The second-order valence-corrected chi connectivity index (χ2v) is 12.6. The van der Waals surface area contributed by atoms with E-state index in [1.54, 1.807) is 0 Å². The number of likely N-dealkylation sites (N-methyl/N-ethyl adjacent to an activating group) is 1. The molecule has 0 amide bonds. The number of aromatic nitrogens is 2. The molecule has 2 aliphatic carbocycles. The van der Waals surface area contributed by atoms with Crippen LogP contribution in [0.2, 0.25) is 0 Å². The minimum atomic E-state index is -3.33. The predicted molar refractivity (Wildman–Crippen MR) is 154 cm³/mol. The van der Waals surface area contributed by atoms with Crippen LogP contribution < -0.4 is 20.3 Å². The molecule has 0 atom stereocenters. The lowest BCUT2D eigenvalue weighted by molar-refractivity contribution is 0.313. The smallest absolute Gasteiger partial charge is 0.235 e. The number of sulfonamides is 1. The molecule has 0 bridgehead atoms. The highest BCUT2D eigenvalue weighted by Gasteiger charge is 2.36. The summed E-state index contributed by atoms with van der Waals surface area (Å²) in [5, 5.41) is 6.56. The lowest BCUT2D eigenvalue weighted by Crippen LogP contribution is -2.44. The van der Waals surface area contributed by atoms with E-state index in [2.05, 4.69) is 56.5 Å². The fourth-order valence-corrected chi connectivity index (χ4v) is 6.55. The summed E-state index contributed by atoms with van der Waals surface area (Å²) in [5.74, 6) is 1.33. The number of rotatable bonds is 8. The number of hydrogen-bond donors (Lipinski definition) is 3. The van der Waals surface area contributed by atoms with Crippen molar-refractivity contribution >= 4 is 44.5 Å². The van der Waals surface area contributed by atoms with Gasteiger partial charge in [0, 0.05) is 48.8 Å². The number of hydrogen-bond acceptors (Lipinski definition) is 8. The standard InChI is InChI=1S/C28H35N7O2S/c1-19-6-7-21(18-26(19)33-38(36,37)23-12-13-23)29-27-24-4-3-5-25(24)31-28(32-27)30-20-8-10-22(11-9-20)35-16-14-34(2)15-17-35/h6-11,18,23,33H,3-5,12-17H2,1-2H3,(H2,29,30,31,32). The molecule has 0 radical (unpaired) electrons. The number of fused-ring (bicyclic) bond motifs is 1. The first-order valence-electron chi connectivity index (χ1n) is 13.4. The molecule has 2 aromatic carbocycles. The fourth-order valence-electron chi connectivity index (χ4n) is 5.10. The molecular weight excluding hydrogens is 498 g/mol. The van der Waals surface area contributed by atoms with E-state index in [9.17, 15) is 8.42 Å². The minimum absolute atomic E-state index is 0.270. The molecule has 2 heterocycles. The van der Waals surface area contributed by atoms with Gasteiger partial charge >= 0.3 is 0 Å². The van der Waals surface area contributed by atoms with Crippen molar-refractivity contribution in [3.8, 4) is 0 Å². The minimum Gasteiger partial charge on any atom is -0.369 e. The largest absolute Gasteiger partial charge is 0.369 e. The van der Waals surface area contributed by atoms with E-state index in [4.69, 9.17) is 9.97 Å². The Balaban J connectivity index is 1.20. The van der Waals surface area contributed by atoms with Crippen LogP contribution in [0.25, 0.3) is 0 Å². The third-order valence-electron chi connectivity index (χ3n) is 7.64. The highest BCUT2D eigenvalue weighted by Crippen LogP contribution is 2.34. The Bertz CT molecular complexity index is 1430. The summed E-state index contributed by atoms with van der Waals surface area (Å²) in [6.07, 6.45) is 4.35. The van der Waals surface area contributed by atoms with Gasteiger partial charge in [0.1, 0.15) is 5.82 Å². The van der Waals surface area contributed by atoms with E-state index >= 15 is 0 Å². The van der Waals surface area contributed by atoms with Crippen LogP contribution in [0, 0.1) is 6.92 Å². The number of benzene rings is 2. The number of nitrogens with zero attached hydrogens (tertiary/aromatic N) is 4. The summed E-state index contributed by atoms with van der Waals surface area (Å²) < 4.78 is 27.8. The number of anilines is 6. The molecule has 0 unspecified atom stereocenters. The van der Waals surface area contributed by atoms with Gasteiger partial charge in [0.25, 0.3) is 0 Å². The Morgan fingerprint density at radius 2 is 1.63 bits per heavy atom. The van der Waals surface area contributed by atoms with Crippen LogP contribution in [0.4, 0.5) is 34.5 Å². The fraction of sp³-hybridized carbons (Fsp3) is 0.429. The molecule has 1 aliphatic heterocycles. The van der Waals surface area contributed by atoms with Crippen LogP contribution in [-0.2, 0) is 22.9 Å². The van der Waals surface area contributed by atoms with Crippen molar-refractivity contribution in [2.75, 3.05) is 53.5 Å². The first-order chi connectivity index (χ1) is 18.3. The maximum absolute atomic E-state index is 12.5. The zero-order chi connectivity index (χ0) is 26.3. The van der Waals surface area contributed by atoms with Crippen LogP contribution in [0.15, 0.2) is 42.5 Å². The van der Waals surface area contributed by atoms with Crippen LogP contribution in [0.3, 0.4) is 0 Å². The topological polar surface area (TPSA) is 102 Å². The summed E-state index contributed by atoms with van der Waals surface area (Å²) in [4.78, 5) is 14.4. The molecule has 10 heteroatoms. The van der Waals surface area contributed by atoms with Crippen molar-refractivity contribution in [2.45, 2.75) is 44.3 Å². The van der Waals surface area contributed by atoms with Crippen LogP contribution in [0.1, 0.15) is 36.1 Å². The van der Waals surface area contributed by atoms with Gasteiger partial charge in [0.15, 0.2) is 0 Å². The molecule has 3 N–H and O–H groups in total. The quantitative estimate of drug-likeness (QED) is 0.391. The molecular formula is C28H35N7O2S. The summed E-state index contributed by atoms with van der Waals surface area (Å²) in [6, 6.07) is 14.2. The number of aryl methyl sites for hydroxylation is 2. The van der Waals surface area contributed by atoms with Crippen LogP contribution in [0.5, 0.6) is 0 Å². The maximum atomic E-state index is 12.5. The molecule has 1 saturated heterocycles. The maximum Gasteiger partial charge on any atom is 0.235 e. The van der Waals surface area contributed by atoms with Crippen molar-refractivity contribution in [1.82, 2.24) is 14.9 Å². The average molecular weight is 534 g/mol. The molecule has 6 rings (SSSR count). The van der Waals surface area contributed by atoms with Gasteiger partial charge in [-0.1, -0.05) is 6.07 Å². The van der Waals surface area contributed by atoms with Crippen LogP contribution >= 0.6 is 0 Å². The molecule has 1 aromatic heterocycles. The molecule has 0 spiro atoms. The molecule has 3 aromatic rings. The van der Waals surface area contributed by atoms with Gasteiger partial charge in [-0.05, 0) is 88.0 Å². The Labute approximate surface area is 224 Å². The Kier molecular flexibility index (Phi) is 6.61. The van der Waals surface area contributed by atoms with Crippen LogP contribution in [-0.4, -0.2) is 61.8 Å².